The van der Waals surface area contributed by atoms with E-state index in [9.17, 15) is 4.79 Å². The summed E-state index contributed by atoms with van der Waals surface area (Å²) in [5, 5.41) is 13.5. The topological polar surface area (TPSA) is 73.0 Å². The second kappa shape index (κ2) is 9.39. The van der Waals surface area contributed by atoms with Crippen LogP contribution in [0.15, 0.2) is 51.0 Å². The Hall–Kier alpha value is -2.06. The molecule has 1 N–H and O–H groups in total. The Morgan fingerprint density at radius 3 is 3.00 bits per heavy atom. The number of hydrogen-bond donors (Lipinski definition) is 1. The molecule has 1 aliphatic carbocycles. The van der Waals surface area contributed by atoms with Gasteiger partial charge in [0.25, 0.3) is 0 Å². The van der Waals surface area contributed by atoms with E-state index in [0.29, 0.717) is 35.0 Å². The van der Waals surface area contributed by atoms with Crippen LogP contribution in [0.4, 0.5) is 0 Å². The number of amides is 1. The number of allylic oxidation sites excluding steroid dienone is 1. The number of carbonyl (C=O) groups is 1. The van der Waals surface area contributed by atoms with Crippen molar-refractivity contribution < 1.29 is 9.21 Å². The molecule has 2 heterocycles. The molecule has 2 atom stereocenters. The minimum Gasteiger partial charge on any atom is -0.453 e. The summed E-state index contributed by atoms with van der Waals surface area (Å²) < 4.78 is 8.90. The molecule has 6 nitrogen and oxygen atoms in total. The average Bonchev–Trinajstić information content (AvgIpc) is 3.32. The number of carbonyl (C=O) groups excluding carboxylic acids is 1. The molecule has 1 saturated carbocycles. The first-order chi connectivity index (χ1) is 14.5. The molecule has 0 saturated heterocycles. The van der Waals surface area contributed by atoms with Crippen LogP contribution >= 0.6 is 27.7 Å². The van der Waals surface area contributed by atoms with Crippen LogP contribution in [0, 0.1) is 5.92 Å². The quantitative estimate of drug-likeness (QED) is 0.354. The summed E-state index contributed by atoms with van der Waals surface area (Å²) in [5.74, 6) is 2.17. The van der Waals surface area contributed by atoms with E-state index >= 15 is 0 Å². The predicted octanol–water partition coefficient (Wildman–Crippen LogP) is 5.43. The summed E-state index contributed by atoms with van der Waals surface area (Å²) in [7, 11) is 0. The van der Waals surface area contributed by atoms with Gasteiger partial charge >= 0.3 is 0 Å². The number of fused-ring (bicyclic) bond motifs is 1. The van der Waals surface area contributed by atoms with Crippen LogP contribution in [0.1, 0.15) is 32.6 Å². The van der Waals surface area contributed by atoms with Gasteiger partial charge in [0.15, 0.2) is 10.9 Å². The van der Waals surface area contributed by atoms with Crippen molar-refractivity contribution in [1.29, 1.82) is 0 Å². The third-order valence-electron chi connectivity index (χ3n) is 5.52. The van der Waals surface area contributed by atoms with E-state index in [1.165, 1.54) is 31.0 Å². The van der Waals surface area contributed by atoms with Gasteiger partial charge in [-0.2, -0.15) is 0 Å². The van der Waals surface area contributed by atoms with Gasteiger partial charge in [-0.05, 0) is 43.0 Å². The molecule has 0 aliphatic heterocycles. The number of nitrogens with zero attached hydrogens (tertiary/aromatic N) is 3. The molecule has 3 aromatic rings. The van der Waals surface area contributed by atoms with E-state index in [4.69, 9.17) is 4.42 Å². The number of aromatic nitrogens is 3. The molecule has 1 aromatic carbocycles. The van der Waals surface area contributed by atoms with Crippen molar-refractivity contribution in [3.8, 4) is 11.6 Å². The molecular formula is C22H25BrN4O2S. The third-order valence-corrected chi connectivity index (χ3v) is 6.98. The minimum absolute atomic E-state index is 0.0436. The summed E-state index contributed by atoms with van der Waals surface area (Å²) in [6.07, 6.45) is 6.49. The van der Waals surface area contributed by atoms with Crippen LogP contribution in [0.2, 0.25) is 0 Å². The predicted molar refractivity (Wildman–Crippen MR) is 123 cm³/mol. The van der Waals surface area contributed by atoms with E-state index in [1.54, 1.807) is 6.08 Å². The summed E-state index contributed by atoms with van der Waals surface area (Å²) in [6.45, 7) is 6.60. The zero-order valence-electron chi connectivity index (χ0n) is 16.9. The normalized spacial score (nSPS) is 19.1. The zero-order chi connectivity index (χ0) is 21.1. The molecule has 158 valence electrons. The van der Waals surface area contributed by atoms with Crippen LogP contribution < -0.4 is 5.32 Å². The van der Waals surface area contributed by atoms with E-state index in [0.717, 1.165) is 21.9 Å². The Balaban J connectivity index is 1.49. The maximum absolute atomic E-state index is 12.5. The molecular weight excluding hydrogens is 464 g/mol. The lowest BCUT2D eigenvalue weighted by molar-refractivity contribution is -0.119. The number of rotatable bonds is 7. The highest BCUT2D eigenvalue weighted by Crippen LogP contribution is 2.31. The average molecular weight is 489 g/mol. The van der Waals surface area contributed by atoms with E-state index in [1.807, 2.05) is 28.8 Å². The lowest BCUT2D eigenvalue weighted by Crippen LogP contribution is -2.41. The summed E-state index contributed by atoms with van der Waals surface area (Å²) in [5.41, 5.74) is 0.788. The highest BCUT2D eigenvalue weighted by Gasteiger charge is 2.23. The highest BCUT2D eigenvalue weighted by atomic mass is 79.9. The van der Waals surface area contributed by atoms with Crippen molar-refractivity contribution in [2.45, 2.75) is 50.4 Å². The molecule has 1 fully saturated rings. The number of benzene rings is 1. The van der Waals surface area contributed by atoms with Gasteiger partial charge in [-0.25, -0.2) is 0 Å². The van der Waals surface area contributed by atoms with Crippen molar-refractivity contribution in [3.63, 3.8) is 0 Å². The van der Waals surface area contributed by atoms with Gasteiger partial charge in [-0.15, -0.1) is 16.8 Å². The van der Waals surface area contributed by atoms with Gasteiger partial charge in [0.05, 0.1) is 5.75 Å². The number of hydrogen-bond acceptors (Lipinski definition) is 5. The first-order valence-electron chi connectivity index (χ1n) is 10.2. The molecule has 0 radical (unpaired) electrons. The minimum atomic E-state index is 0.0436. The summed E-state index contributed by atoms with van der Waals surface area (Å²) in [4.78, 5) is 12.5. The molecule has 2 aromatic heterocycles. The molecule has 8 heteroatoms. The fourth-order valence-electron chi connectivity index (χ4n) is 3.91. The van der Waals surface area contributed by atoms with Gasteiger partial charge < -0.3 is 9.73 Å². The van der Waals surface area contributed by atoms with Crippen molar-refractivity contribution in [3.05, 3.63) is 41.4 Å². The summed E-state index contributed by atoms with van der Waals surface area (Å²) in [6, 6.07) is 8.10. The number of furan rings is 1. The van der Waals surface area contributed by atoms with Crippen LogP contribution in [0.5, 0.6) is 0 Å². The number of nitrogens with one attached hydrogen (secondary N) is 1. The Morgan fingerprint density at radius 1 is 1.37 bits per heavy atom. The smallest absolute Gasteiger partial charge is 0.230 e. The monoisotopic (exact) mass is 488 g/mol. The Bertz CT molecular complexity index is 1060. The molecule has 0 unspecified atom stereocenters. The SMILES string of the molecule is C=CCn1c(SCC(=O)N[C@H]2CCCC[C@@H]2C)nnc1-c1cc2cc(Br)ccc2o1. The zero-order valence-corrected chi connectivity index (χ0v) is 19.3. The largest absolute Gasteiger partial charge is 0.453 e. The second-order valence-corrected chi connectivity index (χ2v) is 9.58. The highest BCUT2D eigenvalue weighted by molar-refractivity contribution is 9.10. The molecule has 0 bridgehead atoms. The lowest BCUT2D eigenvalue weighted by Gasteiger charge is -2.29. The standard InChI is InChI=1S/C22H25BrN4O2S/c1-3-10-27-21(19-12-15-11-16(23)8-9-18(15)29-19)25-26-22(27)30-13-20(28)24-17-7-5-4-6-14(17)2/h3,8-9,11-12,14,17H,1,4-7,10,13H2,2H3,(H,24,28)/t14-,17-/m0/s1. The fraction of sp³-hybridized carbons (Fsp3) is 0.409. The van der Waals surface area contributed by atoms with Crippen molar-refractivity contribution >= 4 is 44.6 Å². The maximum atomic E-state index is 12.5. The maximum Gasteiger partial charge on any atom is 0.230 e. The van der Waals surface area contributed by atoms with Crippen LogP contribution in [0.25, 0.3) is 22.6 Å². The Labute approximate surface area is 188 Å². The lowest BCUT2D eigenvalue weighted by atomic mass is 9.86. The van der Waals surface area contributed by atoms with Crippen LogP contribution in [0.3, 0.4) is 0 Å². The van der Waals surface area contributed by atoms with E-state index < -0.39 is 0 Å². The van der Waals surface area contributed by atoms with Crippen LogP contribution in [-0.2, 0) is 11.3 Å². The van der Waals surface area contributed by atoms with Crippen molar-refractivity contribution in [2.75, 3.05) is 5.75 Å². The molecule has 1 amide bonds. The first-order valence-corrected chi connectivity index (χ1v) is 12.0. The molecule has 30 heavy (non-hydrogen) atoms. The van der Waals surface area contributed by atoms with Gasteiger partial charge in [0.1, 0.15) is 5.58 Å². The third kappa shape index (κ3) is 4.64. The molecule has 0 spiro atoms. The van der Waals surface area contributed by atoms with E-state index in [2.05, 4.69) is 44.9 Å². The van der Waals surface area contributed by atoms with Gasteiger partial charge in [-0.1, -0.05) is 53.5 Å². The molecule has 4 rings (SSSR count). The van der Waals surface area contributed by atoms with Gasteiger partial charge in [-0.3, -0.25) is 9.36 Å². The van der Waals surface area contributed by atoms with Gasteiger partial charge in [0, 0.05) is 22.4 Å². The number of halogens is 1. The fourth-order valence-corrected chi connectivity index (χ4v) is 5.04. The Morgan fingerprint density at radius 2 is 2.20 bits per heavy atom. The molecule has 1 aliphatic rings. The van der Waals surface area contributed by atoms with Gasteiger partial charge in [0.2, 0.25) is 11.7 Å². The van der Waals surface area contributed by atoms with Crippen LogP contribution in [-0.4, -0.2) is 32.5 Å². The Kier molecular flexibility index (Phi) is 6.63. The van der Waals surface area contributed by atoms with Crippen molar-refractivity contribution in [2.24, 2.45) is 5.92 Å². The summed E-state index contributed by atoms with van der Waals surface area (Å²) >= 11 is 4.88. The van der Waals surface area contributed by atoms with Crippen molar-refractivity contribution in [1.82, 2.24) is 20.1 Å². The first kappa shape index (κ1) is 21.2. The van der Waals surface area contributed by atoms with E-state index in [-0.39, 0.29) is 11.9 Å². The second-order valence-electron chi connectivity index (χ2n) is 7.72. The number of thioether (sulfide) groups is 1.